The van der Waals surface area contributed by atoms with Crippen LogP contribution in [-0.2, 0) is 6.54 Å². The van der Waals surface area contributed by atoms with E-state index in [9.17, 15) is 9.90 Å². The van der Waals surface area contributed by atoms with Crippen molar-refractivity contribution in [3.63, 3.8) is 0 Å². The van der Waals surface area contributed by atoms with Crippen LogP contribution in [0.15, 0.2) is 30.5 Å². The molecule has 0 atom stereocenters. The highest BCUT2D eigenvalue weighted by Gasteiger charge is 2.17. The van der Waals surface area contributed by atoms with Crippen molar-refractivity contribution in [2.75, 3.05) is 0 Å². The molecule has 1 aromatic heterocycles. The van der Waals surface area contributed by atoms with Gasteiger partial charge in [-0.05, 0) is 12.5 Å². The Bertz CT molecular complexity index is 561. The second-order valence-corrected chi connectivity index (χ2v) is 3.83. The smallest absolute Gasteiger partial charge is 0.358 e. The summed E-state index contributed by atoms with van der Waals surface area (Å²) in [4.78, 5) is 10.9. The van der Waals surface area contributed by atoms with Crippen molar-refractivity contribution in [1.29, 1.82) is 0 Å². The molecule has 0 spiro atoms. The molecule has 2 rings (SSSR count). The van der Waals surface area contributed by atoms with Gasteiger partial charge in [-0.2, -0.15) is 5.10 Å². The maximum Gasteiger partial charge on any atom is 0.358 e. The topological polar surface area (TPSA) is 75.3 Å². The third-order valence-electron chi connectivity index (χ3n) is 2.44. The fraction of sp³-hybridized carbons (Fsp3) is 0.167. The average molecular weight is 232 g/mol. The van der Waals surface area contributed by atoms with Gasteiger partial charge in [0.25, 0.3) is 0 Å². The lowest BCUT2D eigenvalue weighted by atomic mass is 10.1. The van der Waals surface area contributed by atoms with E-state index in [1.54, 1.807) is 0 Å². The summed E-state index contributed by atoms with van der Waals surface area (Å²) in [7, 11) is 0. The molecule has 0 bridgehead atoms. The quantitative estimate of drug-likeness (QED) is 0.843. The Morgan fingerprint density at radius 2 is 2.24 bits per heavy atom. The summed E-state index contributed by atoms with van der Waals surface area (Å²) in [5.41, 5.74) is 1.85. The molecular weight excluding hydrogens is 220 g/mol. The molecule has 88 valence electrons. The van der Waals surface area contributed by atoms with Gasteiger partial charge in [0.15, 0.2) is 11.4 Å². The van der Waals surface area contributed by atoms with Gasteiger partial charge in [0.2, 0.25) is 0 Å². The minimum absolute atomic E-state index is 0.188. The van der Waals surface area contributed by atoms with Crippen molar-refractivity contribution in [1.82, 2.24) is 9.78 Å². The number of hydrogen-bond donors (Lipinski definition) is 2. The summed E-state index contributed by atoms with van der Waals surface area (Å²) in [6.45, 7) is 2.28. The molecule has 17 heavy (non-hydrogen) atoms. The first-order chi connectivity index (χ1) is 8.08. The number of benzene rings is 1. The van der Waals surface area contributed by atoms with Crippen molar-refractivity contribution < 1.29 is 15.0 Å². The van der Waals surface area contributed by atoms with E-state index in [0.717, 1.165) is 17.3 Å². The van der Waals surface area contributed by atoms with Crippen LogP contribution in [0.25, 0.3) is 0 Å². The predicted octanol–water partition coefficient (Wildman–Crippen LogP) is 1.64. The van der Waals surface area contributed by atoms with Gasteiger partial charge in [-0.25, -0.2) is 4.79 Å². The lowest BCUT2D eigenvalue weighted by Crippen LogP contribution is -2.11. The van der Waals surface area contributed by atoms with Gasteiger partial charge in [0.05, 0.1) is 12.7 Å². The summed E-state index contributed by atoms with van der Waals surface area (Å²) in [6.07, 6.45) is 1.14. The Balaban J connectivity index is 2.33. The number of carbonyl (C=O) groups is 1. The van der Waals surface area contributed by atoms with E-state index in [1.165, 1.54) is 4.68 Å². The van der Waals surface area contributed by atoms with E-state index < -0.39 is 5.97 Å². The number of carboxylic acids is 1. The molecule has 1 heterocycles. The SMILES string of the molecule is Cc1cccc(Cn2ncc(O)c2C(=O)O)c1. The van der Waals surface area contributed by atoms with E-state index in [0.29, 0.717) is 6.54 Å². The summed E-state index contributed by atoms with van der Waals surface area (Å²) in [5.74, 6) is -1.50. The highest BCUT2D eigenvalue weighted by molar-refractivity contribution is 5.88. The second-order valence-electron chi connectivity index (χ2n) is 3.83. The van der Waals surface area contributed by atoms with Crippen LogP contribution >= 0.6 is 0 Å². The van der Waals surface area contributed by atoms with E-state index in [-0.39, 0.29) is 11.4 Å². The van der Waals surface area contributed by atoms with Crippen molar-refractivity contribution in [3.8, 4) is 5.75 Å². The van der Waals surface area contributed by atoms with E-state index in [4.69, 9.17) is 5.11 Å². The van der Waals surface area contributed by atoms with Gasteiger partial charge in [-0.1, -0.05) is 29.8 Å². The Kier molecular flexibility index (Phi) is 2.82. The van der Waals surface area contributed by atoms with Crippen LogP contribution < -0.4 is 0 Å². The molecule has 0 aliphatic heterocycles. The number of hydrogen-bond acceptors (Lipinski definition) is 3. The molecule has 0 radical (unpaired) electrons. The molecule has 2 aromatic rings. The van der Waals surface area contributed by atoms with E-state index >= 15 is 0 Å². The number of carboxylic acid groups (broad SMARTS) is 1. The largest absolute Gasteiger partial charge is 0.504 e. The number of nitrogens with zero attached hydrogens (tertiary/aromatic N) is 2. The minimum Gasteiger partial charge on any atom is -0.504 e. The lowest BCUT2D eigenvalue weighted by Gasteiger charge is -2.05. The van der Waals surface area contributed by atoms with E-state index in [2.05, 4.69) is 5.10 Å². The molecule has 0 aliphatic rings. The minimum atomic E-state index is -1.19. The first-order valence-corrected chi connectivity index (χ1v) is 5.11. The van der Waals surface area contributed by atoms with Gasteiger partial charge < -0.3 is 10.2 Å². The van der Waals surface area contributed by atoms with Crippen molar-refractivity contribution >= 4 is 5.97 Å². The van der Waals surface area contributed by atoms with Crippen molar-refractivity contribution in [2.45, 2.75) is 13.5 Å². The Hall–Kier alpha value is -2.30. The fourth-order valence-corrected chi connectivity index (χ4v) is 1.70. The van der Waals surface area contributed by atoms with Crippen LogP contribution in [0.4, 0.5) is 0 Å². The number of aromatic hydroxyl groups is 1. The summed E-state index contributed by atoms with van der Waals surface area (Å²) in [6, 6.07) is 7.69. The Morgan fingerprint density at radius 3 is 2.88 bits per heavy atom. The normalized spacial score (nSPS) is 10.4. The third-order valence-corrected chi connectivity index (χ3v) is 2.44. The van der Waals surface area contributed by atoms with Crippen molar-refractivity contribution in [2.24, 2.45) is 0 Å². The summed E-state index contributed by atoms with van der Waals surface area (Å²) in [5, 5.41) is 22.2. The van der Waals surface area contributed by atoms with Crippen molar-refractivity contribution in [3.05, 3.63) is 47.3 Å². The molecule has 0 fully saturated rings. The zero-order valence-corrected chi connectivity index (χ0v) is 9.29. The predicted molar refractivity (Wildman–Crippen MR) is 61.1 cm³/mol. The maximum absolute atomic E-state index is 10.9. The molecule has 1 aromatic carbocycles. The van der Waals surface area contributed by atoms with Gasteiger partial charge in [0, 0.05) is 0 Å². The van der Waals surface area contributed by atoms with Crippen LogP contribution in [0.1, 0.15) is 21.6 Å². The molecule has 0 saturated carbocycles. The Morgan fingerprint density at radius 1 is 1.47 bits per heavy atom. The number of aryl methyl sites for hydroxylation is 1. The molecule has 0 unspecified atom stereocenters. The monoisotopic (exact) mass is 232 g/mol. The molecule has 0 saturated heterocycles. The van der Waals surface area contributed by atoms with Gasteiger partial charge in [-0.15, -0.1) is 0 Å². The average Bonchev–Trinajstić information content (AvgIpc) is 2.59. The number of aromatic nitrogens is 2. The highest BCUT2D eigenvalue weighted by atomic mass is 16.4. The van der Waals surface area contributed by atoms with Gasteiger partial charge >= 0.3 is 5.97 Å². The molecule has 2 N–H and O–H groups in total. The maximum atomic E-state index is 10.9. The fourth-order valence-electron chi connectivity index (χ4n) is 1.70. The molecule has 5 nitrogen and oxygen atoms in total. The molecule has 5 heteroatoms. The second kappa shape index (κ2) is 4.29. The standard InChI is InChI=1S/C12H12N2O3/c1-8-3-2-4-9(5-8)7-14-11(12(16)17)10(15)6-13-14/h2-6,15H,7H2,1H3,(H,16,17). The molecule has 0 aliphatic carbocycles. The van der Waals surface area contributed by atoms with Gasteiger partial charge in [0.1, 0.15) is 0 Å². The third kappa shape index (κ3) is 2.28. The zero-order chi connectivity index (χ0) is 12.4. The van der Waals surface area contributed by atoms with Crippen LogP contribution in [-0.4, -0.2) is 26.0 Å². The summed E-state index contributed by atoms with van der Waals surface area (Å²) >= 11 is 0. The lowest BCUT2D eigenvalue weighted by molar-refractivity contribution is 0.0680. The van der Waals surface area contributed by atoms with Gasteiger partial charge in [-0.3, -0.25) is 4.68 Å². The zero-order valence-electron chi connectivity index (χ0n) is 9.29. The van der Waals surface area contributed by atoms with Crippen LogP contribution in [0, 0.1) is 6.92 Å². The van der Waals surface area contributed by atoms with Crippen LogP contribution in [0.2, 0.25) is 0 Å². The summed E-state index contributed by atoms with van der Waals surface area (Å²) < 4.78 is 1.27. The molecule has 0 amide bonds. The van der Waals surface area contributed by atoms with Crippen LogP contribution in [0.5, 0.6) is 5.75 Å². The first kappa shape index (κ1) is 11.2. The number of aromatic carboxylic acids is 1. The first-order valence-electron chi connectivity index (χ1n) is 5.11. The number of rotatable bonds is 3. The van der Waals surface area contributed by atoms with Crippen LogP contribution in [0.3, 0.4) is 0 Å². The van der Waals surface area contributed by atoms with E-state index in [1.807, 2.05) is 31.2 Å². The highest BCUT2D eigenvalue weighted by Crippen LogP contribution is 2.17. The Labute approximate surface area is 97.9 Å². The molecular formula is C12H12N2O3.